The monoisotopic (exact) mass is 788 g/mol. The molecule has 5 nitrogen and oxygen atoms in total. The average molecular weight is 788 g/mol. The van der Waals surface area contributed by atoms with Gasteiger partial charge in [-0.25, -0.2) is 0 Å². The minimum absolute atomic E-state index is 0.376. The van der Waals surface area contributed by atoms with Gasteiger partial charge in [0.2, 0.25) is 5.91 Å². The molecular formula is C51H97NO4. The van der Waals surface area contributed by atoms with E-state index in [4.69, 9.17) is 0 Å². The molecule has 0 saturated heterocycles. The lowest BCUT2D eigenvalue weighted by atomic mass is 10.0. The normalized spacial score (nSPS) is 13.7. The molecule has 0 aliphatic carbocycles. The Labute approximate surface area is 349 Å². The molecule has 0 aliphatic heterocycles. The van der Waals surface area contributed by atoms with Crippen LogP contribution in [0, 0.1) is 0 Å². The van der Waals surface area contributed by atoms with Crippen LogP contribution in [0.5, 0.6) is 0 Å². The van der Waals surface area contributed by atoms with Crippen LogP contribution in [0.2, 0.25) is 0 Å². The van der Waals surface area contributed by atoms with Crippen LogP contribution in [-0.2, 0) is 4.79 Å². The van der Waals surface area contributed by atoms with E-state index in [0.29, 0.717) is 6.42 Å². The van der Waals surface area contributed by atoms with Crippen LogP contribution in [0.1, 0.15) is 258 Å². The van der Waals surface area contributed by atoms with Crippen molar-refractivity contribution in [3.63, 3.8) is 0 Å². The van der Waals surface area contributed by atoms with Crippen molar-refractivity contribution in [3.05, 3.63) is 36.5 Å². The standard InChI is InChI=1S/C51H97NO4/c1-3-5-7-9-11-13-15-17-19-21-22-23-24-25-26-27-28-30-32-34-36-38-40-42-44-46-50(55)51(56)52-48(47-53)49(54)45-43-41-39-37-35-33-31-29-20-18-16-14-12-10-8-6-4-2/h25-26,35,37,43,45,48-50,53-55H,3-24,27-34,36,38-42,44,46-47H2,1-2H3,(H,52,56)/b26-25-,37-35+,45-43+. The molecule has 0 spiro atoms. The highest BCUT2D eigenvalue weighted by Crippen LogP contribution is 2.16. The van der Waals surface area contributed by atoms with Gasteiger partial charge in [0.15, 0.2) is 0 Å². The van der Waals surface area contributed by atoms with Gasteiger partial charge >= 0.3 is 0 Å². The fourth-order valence-electron chi connectivity index (χ4n) is 7.55. The second-order valence-electron chi connectivity index (χ2n) is 17.0. The summed E-state index contributed by atoms with van der Waals surface area (Å²) < 4.78 is 0. The lowest BCUT2D eigenvalue weighted by Crippen LogP contribution is -2.48. The molecule has 0 radical (unpaired) electrons. The molecule has 0 rings (SSSR count). The van der Waals surface area contributed by atoms with Gasteiger partial charge in [-0.15, -0.1) is 0 Å². The summed E-state index contributed by atoms with van der Waals surface area (Å²) in [6.07, 6.45) is 59.1. The second-order valence-corrected chi connectivity index (χ2v) is 17.0. The Morgan fingerprint density at radius 3 is 1.09 bits per heavy atom. The maximum atomic E-state index is 12.5. The first-order chi connectivity index (χ1) is 27.6. The zero-order valence-electron chi connectivity index (χ0n) is 37.5. The summed E-state index contributed by atoms with van der Waals surface area (Å²) in [6, 6.07) is -0.815. The van der Waals surface area contributed by atoms with Crippen molar-refractivity contribution in [2.45, 2.75) is 276 Å². The number of carbonyl (C=O) groups is 1. The highest BCUT2D eigenvalue weighted by atomic mass is 16.3. The quantitative estimate of drug-likeness (QED) is 0.0365. The van der Waals surface area contributed by atoms with Gasteiger partial charge in [-0.1, -0.05) is 237 Å². The van der Waals surface area contributed by atoms with Gasteiger partial charge in [-0.05, 0) is 57.8 Å². The van der Waals surface area contributed by atoms with Crippen molar-refractivity contribution in [3.8, 4) is 0 Å². The van der Waals surface area contributed by atoms with E-state index < -0.39 is 24.2 Å². The van der Waals surface area contributed by atoms with E-state index in [2.05, 4.69) is 43.5 Å². The fourth-order valence-corrected chi connectivity index (χ4v) is 7.55. The zero-order chi connectivity index (χ0) is 40.8. The summed E-state index contributed by atoms with van der Waals surface area (Å²) in [7, 11) is 0. The number of hydrogen-bond acceptors (Lipinski definition) is 4. The van der Waals surface area contributed by atoms with Gasteiger partial charge in [-0.2, -0.15) is 0 Å². The van der Waals surface area contributed by atoms with Gasteiger partial charge in [-0.3, -0.25) is 4.79 Å². The Bertz CT molecular complexity index is 870. The van der Waals surface area contributed by atoms with E-state index in [1.165, 1.54) is 199 Å². The molecule has 0 aromatic carbocycles. The molecule has 0 bridgehead atoms. The molecule has 0 fully saturated rings. The third-order valence-corrected chi connectivity index (χ3v) is 11.5. The minimum atomic E-state index is -1.11. The van der Waals surface area contributed by atoms with E-state index in [9.17, 15) is 20.1 Å². The molecule has 0 aromatic rings. The van der Waals surface area contributed by atoms with Gasteiger partial charge in [0.05, 0.1) is 18.8 Å². The summed E-state index contributed by atoms with van der Waals surface area (Å²) in [6.45, 7) is 4.19. The highest BCUT2D eigenvalue weighted by Gasteiger charge is 2.22. The van der Waals surface area contributed by atoms with Gasteiger partial charge in [0.1, 0.15) is 6.10 Å². The fraction of sp³-hybridized carbons (Fsp3) is 0.863. The number of amides is 1. The number of nitrogens with one attached hydrogen (secondary N) is 1. The van der Waals surface area contributed by atoms with E-state index in [-0.39, 0.29) is 6.61 Å². The zero-order valence-corrected chi connectivity index (χ0v) is 37.5. The molecular weight excluding hydrogens is 691 g/mol. The molecule has 0 saturated carbocycles. The maximum Gasteiger partial charge on any atom is 0.249 e. The van der Waals surface area contributed by atoms with E-state index >= 15 is 0 Å². The van der Waals surface area contributed by atoms with E-state index in [1.807, 2.05) is 6.08 Å². The van der Waals surface area contributed by atoms with Gasteiger partial charge < -0.3 is 20.6 Å². The van der Waals surface area contributed by atoms with Crippen LogP contribution >= 0.6 is 0 Å². The third-order valence-electron chi connectivity index (χ3n) is 11.5. The third kappa shape index (κ3) is 40.8. The molecule has 0 aliphatic rings. The predicted molar refractivity (Wildman–Crippen MR) is 245 cm³/mol. The summed E-state index contributed by atoms with van der Waals surface area (Å²) in [5.41, 5.74) is 0. The molecule has 1 amide bonds. The van der Waals surface area contributed by atoms with Crippen molar-refractivity contribution in [1.29, 1.82) is 0 Å². The summed E-state index contributed by atoms with van der Waals surface area (Å²) in [5.74, 6) is -0.513. The number of hydrogen-bond donors (Lipinski definition) is 4. The largest absolute Gasteiger partial charge is 0.394 e. The Hall–Kier alpha value is -1.43. The number of aliphatic hydroxyl groups excluding tert-OH is 3. The lowest BCUT2D eigenvalue weighted by Gasteiger charge is -2.21. The first kappa shape index (κ1) is 54.6. The van der Waals surface area contributed by atoms with Crippen LogP contribution in [0.3, 0.4) is 0 Å². The number of carbonyl (C=O) groups excluding carboxylic acids is 1. The van der Waals surface area contributed by atoms with Crippen LogP contribution in [-0.4, -0.2) is 46.1 Å². The van der Waals surface area contributed by atoms with Crippen molar-refractivity contribution >= 4 is 5.91 Å². The Kier molecular flexibility index (Phi) is 45.1. The van der Waals surface area contributed by atoms with Crippen molar-refractivity contribution in [2.75, 3.05) is 6.61 Å². The van der Waals surface area contributed by atoms with Crippen molar-refractivity contribution in [1.82, 2.24) is 5.32 Å². The van der Waals surface area contributed by atoms with Crippen LogP contribution < -0.4 is 5.32 Å². The first-order valence-electron chi connectivity index (χ1n) is 24.8. The van der Waals surface area contributed by atoms with E-state index in [1.54, 1.807) is 6.08 Å². The van der Waals surface area contributed by atoms with Gasteiger partial charge in [0.25, 0.3) is 0 Å². The highest BCUT2D eigenvalue weighted by molar-refractivity contribution is 5.80. The molecule has 3 unspecified atom stereocenters. The molecule has 56 heavy (non-hydrogen) atoms. The second kappa shape index (κ2) is 46.3. The smallest absolute Gasteiger partial charge is 0.249 e. The van der Waals surface area contributed by atoms with Crippen LogP contribution in [0.4, 0.5) is 0 Å². The number of rotatable bonds is 45. The molecule has 4 N–H and O–H groups in total. The topological polar surface area (TPSA) is 89.8 Å². The number of aliphatic hydroxyl groups is 3. The maximum absolute atomic E-state index is 12.5. The number of allylic oxidation sites excluding steroid dienone is 5. The number of unbranched alkanes of at least 4 members (excludes halogenated alkanes) is 33. The summed E-state index contributed by atoms with van der Waals surface area (Å²) >= 11 is 0. The summed E-state index contributed by atoms with van der Waals surface area (Å²) in [4.78, 5) is 12.5. The summed E-state index contributed by atoms with van der Waals surface area (Å²) in [5, 5.41) is 33.2. The Balaban J connectivity index is 3.64. The predicted octanol–water partition coefficient (Wildman–Crippen LogP) is 14.7. The molecule has 0 aromatic heterocycles. The molecule has 0 heterocycles. The Morgan fingerprint density at radius 1 is 0.429 bits per heavy atom. The molecule has 330 valence electrons. The first-order valence-corrected chi connectivity index (χ1v) is 24.8. The van der Waals surface area contributed by atoms with Crippen LogP contribution in [0.15, 0.2) is 36.5 Å². The SMILES string of the molecule is CCCCCCCCCCCCC/C=C/CC/C=C/C(O)C(CO)NC(=O)C(O)CCCCCCCCCCC/C=C\CCCCCCCCCCCCCC. The lowest BCUT2D eigenvalue weighted by molar-refractivity contribution is -0.131. The van der Waals surface area contributed by atoms with Crippen LogP contribution in [0.25, 0.3) is 0 Å². The molecule has 3 atom stereocenters. The Morgan fingerprint density at radius 2 is 0.732 bits per heavy atom. The van der Waals surface area contributed by atoms with E-state index in [0.717, 1.165) is 38.5 Å². The minimum Gasteiger partial charge on any atom is -0.394 e. The average Bonchev–Trinajstić information content (AvgIpc) is 3.20. The van der Waals surface area contributed by atoms with Crippen molar-refractivity contribution < 1.29 is 20.1 Å². The van der Waals surface area contributed by atoms with Gasteiger partial charge in [0, 0.05) is 0 Å². The van der Waals surface area contributed by atoms with Crippen molar-refractivity contribution in [2.24, 2.45) is 0 Å². The molecule has 5 heteroatoms.